The molecule has 0 saturated heterocycles. The summed E-state index contributed by atoms with van der Waals surface area (Å²) in [6, 6.07) is 7.40. The van der Waals surface area contributed by atoms with Crippen LogP contribution in [-0.2, 0) is 16.1 Å². The van der Waals surface area contributed by atoms with E-state index < -0.39 is 12.9 Å². The Morgan fingerprint density at radius 2 is 2.06 bits per heavy atom. The van der Waals surface area contributed by atoms with Crippen LogP contribution in [0.1, 0.15) is 12.5 Å². The van der Waals surface area contributed by atoms with Crippen molar-refractivity contribution in [3.05, 3.63) is 42.0 Å². The molecule has 0 aliphatic carbocycles. The van der Waals surface area contributed by atoms with E-state index in [1.165, 1.54) is 0 Å². The van der Waals surface area contributed by atoms with Gasteiger partial charge in [0.25, 0.3) is 0 Å². The first-order chi connectivity index (χ1) is 8.00. The number of ether oxygens (including phenoxy) is 1. The summed E-state index contributed by atoms with van der Waals surface area (Å²) < 4.78 is 27.7. The second kappa shape index (κ2) is 5.30. The van der Waals surface area contributed by atoms with Gasteiger partial charge in [0, 0.05) is 0 Å². The summed E-state index contributed by atoms with van der Waals surface area (Å²) in [4.78, 5) is 11.2. The van der Waals surface area contributed by atoms with E-state index in [1.807, 2.05) is 0 Å². The van der Waals surface area contributed by atoms with E-state index >= 15 is 0 Å². The van der Waals surface area contributed by atoms with Crippen molar-refractivity contribution < 1.29 is 18.3 Å². The Morgan fingerprint density at radius 3 is 2.65 bits per heavy atom. The van der Waals surface area contributed by atoms with Crippen LogP contribution in [0.4, 0.5) is 8.78 Å². The van der Waals surface area contributed by atoms with E-state index in [2.05, 4.69) is 6.58 Å². The summed E-state index contributed by atoms with van der Waals surface area (Å²) in [5.74, 6) is -0.507. The van der Waals surface area contributed by atoms with Gasteiger partial charge in [-0.05, 0) is 0 Å². The van der Waals surface area contributed by atoms with Crippen LogP contribution < -0.4 is 6.07 Å². The molecule has 0 amide bonds. The number of hydrogen-bond donors (Lipinski definition) is 0. The molecule has 1 rings (SSSR count). The first kappa shape index (κ1) is 12.2. The molecule has 0 saturated carbocycles. The summed E-state index contributed by atoms with van der Waals surface area (Å²) in [5.41, 5.74) is 0.940. The summed E-state index contributed by atoms with van der Waals surface area (Å²) in [6.45, 7) is 3.49. The molecular formula is C12H11CfF2O2. The molecule has 0 radical (unpaired) electrons. The van der Waals surface area contributed by atoms with Gasteiger partial charge < -0.3 is 0 Å². The number of halogens is 2. The van der Waals surface area contributed by atoms with E-state index in [0.29, 0.717) is 17.2 Å². The topological polar surface area (TPSA) is 26.3 Å². The summed E-state index contributed by atoms with van der Waals surface area (Å²) in [5, 5.41) is 0. The number of carbonyl (C=O) groups excluding carboxylic acids is 1. The third-order valence-electron chi connectivity index (χ3n) is 1.78. The molecule has 5 heteroatoms. The second-order valence-electron chi connectivity index (χ2n) is 3.18. The zero-order valence-corrected chi connectivity index (χ0v) is 11.7. The van der Waals surface area contributed by atoms with Crippen molar-refractivity contribution in [1.82, 2.24) is 0 Å². The van der Waals surface area contributed by atoms with Gasteiger partial charge in [-0.3, -0.25) is 0 Å². The molecule has 2 nitrogen and oxygen atoms in total. The van der Waals surface area contributed by atoms with Crippen molar-refractivity contribution in [2.24, 2.45) is 0 Å². The van der Waals surface area contributed by atoms with Gasteiger partial charge in [0.1, 0.15) is 0 Å². The van der Waals surface area contributed by atoms with Crippen LogP contribution in [0.15, 0.2) is 36.4 Å². The minimum absolute atomic E-state index is 0.0183. The molecule has 1 aromatic rings. The normalized spacial score (nSPS) is 9.35. The first-order valence-corrected chi connectivity index (χ1v) is 7.31. The molecule has 95 valence electrons. The second-order valence-corrected chi connectivity index (χ2v) is 6.26. The molecule has 17 heavy (non-hydrogen) atoms. The van der Waals surface area contributed by atoms with Crippen molar-refractivity contribution in [3.63, 3.8) is 0 Å². The van der Waals surface area contributed by atoms with Gasteiger partial charge in [-0.15, -0.1) is 0 Å². The van der Waals surface area contributed by atoms with E-state index in [-0.39, 0.29) is 6.61 Å². The molecule has 0 unspecified atom stereocenters. The minimum atomic E-state index is -1.78. The summed E-state index contributed by atoms with van der Waals surface area (Å²) in [6.07, 6.45) is 0. The molecule has 0 atom stereocenters. The van der Waals surface area contributed by atoms with Crippen LogP contribution in [0.25, 0.3) is 0 Å². The Morgan fingerprint density at radius 1 is 1.41 bits per heavy atom. The maximum atomic E-state index is 12.3. The van der Waals surface area contributed by atoms with E-state index in [4.69, 9.17) is 4.74 Å². The molecule has 0 fully saturated rings. The SMILES string of the molecule is C=C(C)C(=O)OCc1cccc[c]1[Cf]=[C](F)F. The van der Waals surface area contributed by atoms with E-state index in [1.54, 1.807) is 31.2 Å². The monoisotopic (exact) mass is 474 g/mol. The Bertz CT molecular complexity index is 465. The van der Waals surface area contributed by atoms with Crippen LogP contribution in [0.2, 0.25) is 0 Å². The molecule has 0 bridgehead atoms. The van der Waals surface area contributed by atoms with E-state index in [9.17, 15) is 13.6 Å². The van der Waals surface area contributed by atoms with Crippen molar-refractivity contribution >= 4 is 19.0 Å². The third-order valence-corrected chi connectivity index (χ3v) is 4.27. The zero-order chi connectivity index (χ0) is 12.8. The average molecular weight is 476 g/mol. The fraction of sp³-hybridized carbons (Fsp3) is 0.167. The molecule has 0 aliphatic heterocycles. The van der Waals surface area contributed by atoms with Gasteiger partial charge >= 0.3 is 92.8 Å². The molecule has 0 heterocycles. The molecular weight excluding hydrogens is 465 g/mol. The fourth-order valence-corrected chi connectivity index (χ4v) is 2.85. The number of hydrogen-bond acceptors (Lipinski definition) is 2. The quantitative estimate of drug-likeness (QED) is 0.492. The van der Waals surface area contributed by atoms with Gasteiger partial charge in [-0.2, -0.15) is 0 Å². The Hall–Kier alpha value is -2.84. The van der Waals surface area contributed by atoms with Crippen molar-refractivity contribution in [3.8, 4) is 0 Å². The van der Waals surface area contributed by atoms with Gasteiger partial charge in [-0.25, -0.2) is 0 Å². The van der Waals surface area contributed by atoms with Crippen LogP contribution in [0.5, 0.6) is 0 Å². The fourth-order valence-electron chi connectivity index (χ4n) is 1.01. The van der Waals surface area contributed by atoms with Crippen LogP contribution in [-0.4, -0.2) is 12.9 Å². The molecule has 0 spiro atoms. The van der Waals surface area contributed by atoms with Crippen LogP contribution in [0.3, 0.4) is 0 Å². The third kappa shape index (κ3) is 3.66. The first-order valence-electron chi connectivity index (χ1n) is 4.68. The van der Waals surface area contributed by atoms with Crippen molar-refractivity contribution in [2.75, 3.05) is 0 Å². The van der Waals surface area contributed by atoms with Gasteiger partial charge in [0.2, 0.25) is 0 Å². The molecule has 1 aromatic carbocycles. The molecule has 0 aromatic heterocycles. The van der Waals surface area contributed by atoms with Crippen LogP contribution in [0, 0.1) is 0 Å². The Labute approximate surface area is 93.5 Å². The Balaban J connectivity index is 2.81. The van der Waals surface area contributed by atoms with Gasteiger partial charge in [-0.1, -0.05) is 0 Å². The molecule has 0 N–H and O–H groups in total. The number of carbonyl (C=O) groups is 1. The summed E-state index contributed by atoms with van der Waals surface area (Å²) in [7, 11) is 0. The number of rotatable bonds is 4. The predicted molar refractivity (Wildman–Crippen MR) is 57.9 cm³/mol. The maximum absolute atomic E-state index is 12.3. The zero-order valence-electron chi connectivity index (χ0n) is 9.11. The van der Waals surface area contributed by atoms with E-state index in [0.717, 1.165) is 0 Å². The summed E-state index contributed by atoms with van der Waals surface area (Å²) >= 11 is 0. The van der Waals surface area contributed by atoms with Gasteiger partial charge in [0.15, 0.2) is 0 Å². The Kier molecular flexibility index (Phi) is 3.81. The molecule has 0 aliphatic rings. The number of esters is 1. The van der Waals surface area contributed by atoms with Crippen molar-refractivity contribution in [1.29, 1.82) is 0 Å². The van der Waals surface area contributed by atoms with Crippen LogP contribution >= 0.6 is 0 Å². The van der Waals surface area contributed by atoms with Crippen molar-refractivity contribution in [2.45, 2.75) is 13.5 Å². The predicted octanol–water partition coefficient (Wildman–Crippen LogP) is 2.04. The number of benzene rings is 1. The average Bonchev–Trinajstić information content (AvgIpc) is 2.26. The van der Waals surface area contributed by atoms with Gasteiger partial charge in [0.05, 0.1) is 0 Å². The standard InChI is InChI=1S/C11H11O2.CF2.Cf/c1-9(2)11(12)13-8-10-6-4-3-5-7-10;2-1-3;/h3-6H,1,8H2,2H3;;.